The third-order valence-corrected chi connectivity index (χ3v) is 3.36. The van der Waals surface area contributed by atoms with Gasteiger partial charge >= 0.3 is 11.8 Å². The highest BCUT2D eigenvalue weighted by atomic mass is 79.9. The van der Waals surface area contributed by atoms with Crippen molar-refractivity contribution < 1.29 is 9.59 Å². The number of halogens is 1. The first-order chi connectivity index (χ1) is 8.90. The second-order valence-corrected chi connectivity index (χ2v) is 5.33. The summed E-state index contributed by atoms with van der Waals surface area (Å²) in [5.74, 6) is -1.28. The molecule has 0 aromatic heterocycles. The topological polar surface area (TPSA) is 61.4 Å². The Morgan fingerprint density at radius 2 is 1.95 bits per heavy atom. The summed E-state index contributed by atoms with van der Waals surface area (Å²) in [6.45, 7) is 3.05. The van der Waals surface area contributed by atoms with E-state index in [4.69, 9.17) is 0 Å². The molecule has 5 nitrogen and oxygen atoms in total. The smallest absolute Gasteiger partial charge is 0.313 e. The van der Waals surface area contributed by atoms with Crippen LogP contribution >= 0.6 is 15.9 Å². The number of hydrogen-bond donors (Lipinski definition) is 2. The van der Waals surface area contributed by atoms with E-state index in [0.717, 1.165) is 10.0 Å². The molecule has 0 unspecified atom stereocenters. The fraction of sp³-hybridized carbons (Fsp3) is 0.385. The average Bonchev–Trinajstić information content (AvgIpc) is 2.33. The fourth-order valence-electron chi connectivity index (χ4n) is 1.38. The van der Waals surface area contributed by atoms with Gasteiger partial charge in [-0.3, -0.25) is 9.59 Å². The Kier molecular flexibility index (Phi) is 5.98. The van der Waals surface area contributed by atoms with Crippen LogP contribution in [0, 0.1) is 6.92 Å². The van der Waals surface area contributed by atoms with E-state index in [0.29, 0.717) is 18.8 Å². The number of nitrogens with zero attached hydrogens (tertiary/aromatic N) is 1. The van der Waals surface area contributed by atoms with Crippen LogP contribution < -0.4 is 10.6 Å². The summed E-state index contributed by atoms with van der Waals surface area (Å²) in [5.41, 5.74) is 1.60. The van der Waals surface area contributed by atoms with Gasteiger partial charge in [-0.15, -0.1) is 0 Å². The van der Waals surface area contributed by atoms with Crippen LogP contribution in [0.25, 0.3) is 0 Å². The van der Waals surface area contributed by atoms with Gasteiger partial charge in [0.05, 0.1) is 0 Å². The molecule has 0 radical (unpaired) electrons. The average molecular weight is 328 g/mol. The SMILES string of the molecule is Cc1cc(NC(=O)C(=O)NCCN(C)C)ccc1Br. The number of anilines is 1. The van der Waals surface area contributed by atoms with E-state index in [-0.39, 0.29) is 0 Å². The normalized spacial score (nSPS) is 10.4. The number of amides is 2. The van der Waals surface area contributed by atoms with Gasteiger partial charge in [-0.2, -0.15) is 0 Å². The van der Waals surface area contributed by atoms with E-state index in [1.54, 1.807) is 12.1 Å². The molecule has 0 bridgehead atoms. The molecular formula is C13H18BrN3O2. The Morgan fingerprint density at radius 3 is 2.53 bits per heavy atom. The van der Waals surface area contributed by atoms with Crippen LogP contribution in [0.2, 0.25) is 0 Å². The Labute approximate surface area is 121 Å². The summed E-state index contributed by atoms with van der Waals surface area (Å²) in [5, 5.41) is 5.12. The first kappa shape index (κ1) is 15.7. The second kappa shape index (κ2) is 7.25. The Balaban J connectivity index is 2.49. The van der Waals surface area contributed by atoms with Gasteiger partial charge in [0.1, 0.15) is 0 Å². The standard InChI is InChI=1S/C13H18BrN3O2/c1-9-8-10(4-5-11(9)14)16-13(19)12(18)15-6-7-17(2)3/h4-5,8H,6-7H2,1-3H3,(H,15,18)(H,16,19). The molecule has 0 heterocycles. The molecule has 104 valence electrons. The van der Waals surface area contributed by atoms with Gasteiger partial charge in [-0.25, -0.2) is 0 Å². The molecule has 0 aliphatic rings. The molecular weight excluding hydrogens is 310 g/mol. The Hall–Kier alpha value is -1.40. The van der Waals surface area contributed by atoms with E-state index in [1.807, 2.05) is 32.0 Å². The second-order valence-electron chi connectivity index (χ2n) is 4.48. The highest BCUT2D eigenvalue weighted by Crippen LogP contribution is 2.19. The first-order valence-electron chi connectivity index (χ1n) is 5.90. The van der Waals surface area contributed by atoms with E-state index in [2.05, 4.69) is 26.6 Å². The maximum atomic E-state index is 11.6. The third-order valence-electron chi connectivity index (χ3n) is 2.47. The van der Waals surface area contributed by atoms with Gasteiger partial charge < -0.3 is 15.5 Å². The lowest BCUT2D eigenvalue weighted by Crippen LogP contribution is -2.38. The summed E-state index contributed by atoms with van der Waals surface area (Å²) >= 11 is 3.38. The number of carbonyl (C=O) groups is 2. The maximum absolute atomic E-state index is 11.6. The predicted molar refractivity (Wildman–Crippen MR) is 79.1 cm³/mol. The molecule has 1 aromatic rings. The number of nitrogens with one attached hydrogen (secondary N) is 2. The van der Waals surface area contributed by atoms with Crippen molar-refractivity contribution in [1.29, 1.82) is 0 Å². The van der Waals surface area contributed by atoms with E-state index in [1.165, 1.54) is 0 Å². The lowest BCUT2D eigenvalue weighted by atomic mass is 10.2. The van der Waals surface area contributed by atoms with Crippen molar-refractivity contribution in [3.05, 3.63) is 28.2 Å². The number of carbonyl (C=O) groups excluding carboxylic acids is 2. The van der Waals surface area contributed by atoms with Crippen LogP contribution in [-0.4, -0.2) is 43.9 Å². The van der Waals surface area contributed by atoms with Gasteiger partial charge in [-0.05, 0) is 44.8 Å². The third kappa shape index (κ3) is 5.40. The van der Waals surface area contributed by atoms with Crippen molar-refractivity contribution in [3.8, 4) is 0 Å². The monoisotopic (exact) mass is 327 g/mol. The molecule has 6 heteroatoms. The summed E-state index contributed by atoms with van der Waals surface area (Å²) in [6, 6.07) is 5.37. The van der Waals surface area contributed by atoms with Crippen molar-refractivity contribution >= 4 is 33.4 Å². The molecule has 19 heavy (non-hydrogen) atoms. The molecule has 0 spiro atoms. The van der Waals surface area contributed by atoms with Crippen molar-refractivity contribution in [2.45, 2.75) is 6.92 Å². The van der Waals surface area contributed by atoms with E-state index in [9.17, 15) is 9.59 Å². The van der Waals surface area contributed by atoms with Gasteiger partial charge in [0.2, 0.25) is 0 Å². The fourth-order valence-corrected chi connectivity index (χ4v) is 1.63. The van der Waals surface area contributed by atoms with Crippen LogP contribution in [0.5, 0.6) is 0 Å². The minimum atomic E-state index is -0.652. The van der Waals surface area contributed by atoms with Crippen molar-refractivity contribution in [2.75, 3.05) is 32.5 Å². The number of benzene rings is 1. The predicted octanol–water partition coefficient (Wildman–Crippen LogP) is 1.37. The minimum Gasteiger partial charge on any atom is -0.347 e. The van der Waals surface area contributed by atoms with Gasteiger partial charge in [0.25, 0.3) is 0 Å². The van der Waals surface area contributed by atoms with E-state index >= 15 is 0 Å². The molecule has 0 saturated heterocycles. The summed E-state index contributed by atoms with van der Waals surface area (Å²) in [4.78, 5) is 25.1. The number of rotatable bonds is 4. The molecule has 0 saturated carbocycles. The summed E-state index contributed by atoms with van der Waals surface area (Å²) in [6.07, 6.45) is 0. The van der Waals surface area contributed by atoms with E-state index < -0.39 is 11.8 Å². The Morgan fingerprint density at radius 1 is 1.26 bits per heavy atom. The lowest BCUT2D eigenvalue weighted by Gasteiger charge is -2.10. The van der Waals surface area contributed by atoms with Crippen molar-refractivity contribution in [3.63, 3.8) is 0 Å². The highest BCUT2D eigenvalue weighted by Gasteiger charge is 2.13. The summed E-state index contributed by atoms with van der Waals surface area (Å²) in [7, 11) is 3.80. The molecule has 1 aromatic carbocycles. The molecule has 0 atom stereocenters. The number of hydrogen-bond acceptors (Lipinski definition) is 3. The van der Waals surface area contributed by atoms with Crippen LogP contribution in [0.3, 0.4) is 0 Å². The molecule has 2 N–H and O–H groups in total. The zero-order valence-electron chi connectivity index (χ0n) is 11.3. The van der Waals surface area contributed by atoms with Gasteiger partial charge in [0, 0.05) is 23.2 Å². The van der Waals surface area contributed by atoms with Crippen LogP contribution in [0.4, 0.5) is 5.69 Å². The molecule has 0 aliphatic carbocycles. The van der Waals surface area contributed by atoms with Crippen LogP contribution in [-0.2, 0) is 9.59 Å². The molecule has 1 rings (SSSR count). The quantitative estimate of drug-likeness (QED) is 0.821. The molecule has 2 amide bonds. The molecule has 0 fully saturated rings. The lowest BCUT2D eigenvalue weighted by molar-refractivity contribution is -0.136. The minimum absolute atomic E-state index is 0.443. The van der Waals surface area contributed by atoms with Crippen LogP contribution in [0.15, 0.2) is 22.7 Å². The number of aryl methyl sites for hydroxylation is 1. The van der Waals surface area contributed by atoms with Crippen molar-refractivity contribution in [2.24, 2.45) is 0 Å². The van der Waals surface area contributed by atoms with Crippen molar-refractivity contribution in [1.82, 2.24) is 10.2 Å². The maximum Gasteiger partial charge on any atom is 0.313 e. The largest absolute Gasteiger partial charge is 0.347 e. The van der Waals surface area contributed by atoms with Crippen LogP contribution in [0.1, 0.15) is 5.56 Å². The van der Waals surface area contributed by atoms with Gasteiger partial charge in [0.15, 0.2) is 0 Å². The molecule has 0 aliphatic heterocycles. The summed E-state index contributed by atoms with van der Waals surface area (Å²) < 4.78 is 0.959. The number of likely N-dealkylation sites (N-methyl/N-ethyl adjacent to an activating group) is 1. The van der Waals surface area contributed by atoms with Gasteiger partial charge in [-0.1, -0.05) is 15.9 Å². The highest BCUT2D eigenvalue weighted by molar-refractivity contribution is 9.10. The zero-order valence-corrected chi connectivity index (χ0v) is 12.9. The first-order valence-corrected chi connectivity index (χ1v) is 6.69. The zero-order chi connectivity index (χ0) is 14.4. The Bertz CT molecular complexity index is 475.